The molecule has 2 heterocycles. The molecule has 1 N–H and O–H groups in total. The zero-order valence-corrected chi connectivity index (χ0v) is 14.1. The van der Waals surface area contributed by atoms with E-state index in [9.17, 15) is 4.79 Å². The van der Waals surface area contributed by atoms with Gasteiger partial charge in [-0.3, -0.25) is 9.69 Å². The molecule has 0 aromatic heterocycles. The summed E-state index contributed by atoms with van der Waals surface area (Å²) in [5.74, 6) is 0.334. The number of carbonyl (C=O) groups excluding carboxylic acids is 1. The molecule has 120 valence electrons. The standard InChI is InChI=1S/C14H27N3O.2ClH/c1-13(16-9-4-2-3-5-10-16)14(18)17-11-6-7-15-8-12-17;;/h13,15H,2-12H2,1H3;2*1H. The van der Waals surface area contributed by atoms with Crippen molar-refractivity contribution in [1.29, 1.82) is 0 Å². The van der Waals surface area contributed by atoms with Crippen LogP contribution in [0.3, 0.4) is 0 Å². The summed E-state index contributed by atoms with van der Waals surface area (Å²) in [6, 6.07) is 0.0706. The number of likely N-dealkylation sites (tertiary alicyclic amines) is 1. The van der Waals surface area contributed by atoms with Crippen molar-refractivity contribution >= 4 is 30.7 Å². The zero-order chi connectivity index (χ0) is 12.8. The Morgan fingerprint density at radius 2 is 1.55 bits per heavy atom. The van der Waals surface area contributed by atoms with E-state index in [0.717, 1.165) is 45.7 Å². The first kappa shape index (κ1) is 20.0. The van der Waals surface area contributed by atoms with E-state index in [1.807, 2.05) is 0 Å². The Hall–Kier alpha value is -0.0300. The molecule has 0 saturated carbocycles. The van der Waals surface area contributed by atoms with Gasteiger partial charge in [0.1, 0.15) is 0 Å². The molecular formula is C14H29Cl2N3O. The van der Waals surface area contributed by atoms with Crippen LogP contribution in [0.25, 0.3) is 0 Å². The van der Waals surface area contributed by atoms with Crippen molar-refractivity contribution in [1.82, 2.24) is 15.1 Å². The average Bonchev–Trinajstić information content (AvgIpc) is 2.81. The van der Waals surface area contributed by atoms with Crippen LogP contribution in [0.15, 0.2) is 0 Å². The van der Waals surface area contributed by atoms with Crippen LogP contribution in [0.2, 0.25) is 0 Å². The third-order valence-corrected chi connectivity index (χ3v) is 4.20. The number of hydrogen-bond acceptors (Lipinski definition) is 3. The zero-order valence-electron chi connectivity index (χ0n) is 12.5. The van der Waals surface area contributed by atoms with Crippen molar-refractivity contribution in [2.24, 2.45) is 0 Å². The second kappa shape index (κ2) is 10.7. The molecule has 2 saturated heterocycles. The van der Waals surface area contributed by atoms with Gasteiger partial charge in [0.25, 0.3) is 0 Å². The van der Waals surface area contributed by atoms with E-state index in [2.05, 4.69) is 22.0 Å². The first-order chi connectivity index (χ1) is 8.79. The summed E-state index contributed by atoms with van der Waals surface area (Å²) in [6.07, 6.45) is 6.23. The fourth-order valence-corrected chi connectivity index (χ4v) is 2.97. The van der Waals surface area contributed by atoms with Crippen LogP contribution in [0.5, 0.6) is 0 Å². The van der Waals surface area contributed by atoms with Crippen LogP contribution >= 0.6 is 24.8 Å². The molecule has 2 fully saturated rings. The highest BCUT2D eigenvalue weighted by atomic mass is 35.5. The summed E-state index contributed by atoms with van der Waals surface area (Å²) >= 11 is 0. The summed E-state index contributed by atoms with van der Waals surface area (Å²) in [5.41, 5.74) is 0. The summed E-state index contributed by atoms with van der Waals surface area (Å²) < 4.78 is 0. The summed E-state index contributed by atoms with van der Waals surface area (Å²) in [5, 5.41) is 3.35. The Morgan fingerprint density at radius 1 is 0.900 bits per heavy atom. The van der Waals surface area contributed by atoms with Crippen LogP contribution in [0, 0.1) is 0 Å². The first-order valence-corrected chi connectivity index (χ1v) is 7.52. The van der Waals surface area contributed by atoms with E-state index in [1.54, 1.807) is 0 Å². The molecule has 1 amide bonds. The quantitative estimate of drug-likeness (QED) is 0.842. The van der Waals surface area contributed by atoms with Crippen molar-refractivity contribution < 1.29 is 4.79 Å². The fraction of sp³-hybridized carbons (Fsp3) is 0.929. The van der Waals surface area contributed by atoms with Gasteiger partial charge in [-0.05, 0) is 45.8 Å². The number of rotatable bonds is 2. The van der Waals surface area contributed by atoms with Crippen LogP contribution in [-0.4, -0.2) is 61.0 Å². The molecule has 0 aromatic carbocycles. The molecule has 4 nitrogen and oxygen atoms in total. The van der Waals surface area contributed by atoms with Crippen LogP contribution < -0.4 is 5.32 Å². The van der Waals surface area contributed by atoms with Gasteiger partial charge in [0, 0.05) is 19.6 Å². The molecule has 2 rings (SSSR count). The van der Waals surface area contributed by atoms with Crippen molar-refractivity contribution in [3.63, 3.8) is 0 Å². The Labute approximate surface area is 135 Å². The van der Waals surface area contributed by atoms with Gasteiger partial charge < -0.3 is 10.2 Å². The molecule has 6 heteroatoms. The highest BCUT2D eigenvalue weighted by Gasteiger charge is 2.26. The van der Waals surface area contributed by atoms with Crippen molar-refractivity contribution in [2.75, 3.05) is 39.3 Å². The molecule has 0 spiro atoms. The van der Waals surface area contributed by atoms with Crippen LogP contribution in [0.4, 0.5) is 0 Å². The largest absolute Gasteiger partial charge is 0.340 e. The van der Waals surface area contributed by atoms with E-state index in [-0.39, 0.29) is 30.9 Å². The third-order valence-electron chi connectivity index (χ3n) is 4.20. The molecule has 1 unspecified atom stereocenters. The van der Waals surface area contributed by atoms with Crippen LogP contribution in [0.1, 0.15) is 39.0 Å². The smallest absolute Gasteiger partial charge is 0.239 e. The summed E-state index contributed by atoms with van der Waals surface area (Å²) in [6.45, 7) is 8.06. The van der Waals surface area contributed by atoms with E-state index in [1.165, 1.54) is 25.7 Å². The van der Waals surface area contributed by atoms with Gasteiger partial charge in [-0.15, -0.1) is 24.8 Å². The highest BCUT2D eigenvalue weighted by molar-refractivity contribution is 5.85. The Morgan fingerprint density at radius 3 is 2.20 bits per heavy atom. The lowest BCUT2D eigenvalue weighted by molar-refractivity contribution is -0.136. The van der Waals surface area contributed by atoms with E-state index < -0.39 is 0 Å². The predicted molar refractivity (Wildman–Crippen MR) is 88.1 cm³/mol. The number of carbonyl (C=O) groups is 1. The van der Waals surface area contributed by atoms with E-state index in [0.29, 0.717) is 5.91 Å². The summed E-state index contributed by atoms with van der Waals surface area (Å²) in [7, 11) is 0. The average molecular weight is 326 g/mol. The Balaban J connectivity index is 0.00000180. The van der Waals surface area contributed by atoms with Crippen LogP contribution in [-0.2, 0) is 4.79 Å². The van der Waals surface area contributed by atoms with Gasteiger partial charge in [-0.1, -0.05) is 12.8 Å². The minimum absolute atomic E-state index is 0. The fourth-order valence-electron chi connectivity index (χ4n) is 2.97. The number of hydrogen-bond donors (Lipinski definition) is 1. The van der Waals surface area contributed by atoms with Gasteiger partial charge in [-0.2, -0.15) is 0 Å². The highest BCUT2D eigenvalue weighted by Crippen LogP contribution is 2.14. The monoisotopic (exact) mass is 325 g/mol. The lowest BCUT2D eigenvalue weighted by Gasteiger charge is -2.31. The maximum Gasteiger partial charge on any atom is 0.239 e. The Bertz CT molecular complexity index is 263. The number of amides is 1. The van der Waals surface area contributed by atoms with Gasteiger partial charge >= 0.3 is 0 Å². The SMILES string of the molecule is CC(C(=O)N1CCCNCC1)N1CCCCCC1.Cl.Cl. The topological polar surface area (TPSA) is 35.6 Å². The van der Waals surface area contributed by atoms with Crippen molar-refractivity contribution in [2.45, 2.75) is 45.1 Å². The Kier molecular flexibility index (Phi) is 10.6. The number of nitrogens with zero attached hydrogens (tertiary/aromatic N) is 2. The molecule has 0 aliphatic carbocycles. The number of nitrogens with one attached hydrogen (secondary N) is 1. The second-order valence-corrected chi connectivity index (χ2v) is 5.55. The van der Waals surface area contributed by atoms with Crippen molar-refractivity contribution in [3.05, 3.63) is 0 Å². The lowest BCUT2D eigenvalue weighted by atomic mass is 10.2. The van der Waals surface area contributed by atoms with Gasteiger partial charge in [0.2, 0.25) is 5.91 Å². The molecule has 0 bridgehead atoms. The molecule has 20 heavy (non-hydrogen) atoms. The lowest BCUT2D eigenvalue weighted by Crippen LogP contribution is -2.48. The van der Waals surface area contributed by atoms with Crippen molar-refractivity contribution in [3.8, 4) is 0 Å². The van der Waals surface area contributed by atoms with Gasteiger partial charge in [0.05, 0.1) is 6.04 Å². The van der Waals surface area contributed by atoms with Gasteiger partial charge in [-0.25, -0.2) is 0 Å². The minimum atomic E-state index is 0. The van der Waals surface area contributed by atoms with E-state index >= 15 is 0 Å². The molecular weight excluding hydrogens is 297 g/mol. The third kappa shape index (κ3) is 5.76. The van der Waals surface area contributed by atoms with Gasteiger partial charge in [0.15, 0.2) is 0 Å². The molecule has 2 aliphatic heterocycles. The maximum atomic E-state index is 12.5. The normalized spacial score (nSPS) is 22.8. The van der Waals surface area contributed by atoms with E-state index in [4.69, 9.17) is 0 Å². The molecule has 0 aromatic rings. The summed E-state index contributed by atoms with van der Waals surface area (Å²) in [4.78, 5) is 17.0. The first-order valence-electron chi connectivity index (χ1n) is 7.52. The predicted octanol–water partition coefficient (Wildman–Crippen LogP) is 1.92. The molecule has 0 radical (unpaired) electrons. The molecule has 1 atom stereocenters. The minimum Gasteiger partial charge on any atom is -0.340 e. The number of halogens is 2. The second-order valence-electron chi connectivity index (χ2n) is 5.55. The maximum absolute atomic E-state index is 12.5. The molecule has 2 aliphatic rings.